The van der Waals surface area contributed by atoms with E-state index in [0.29, 0.717) is 12.8 Å². The molecular formula is C39H46F3N3O2. The van der Waals surface area contributed by atoms with Gasteiger partial charge in [-0.25, -0.2) is 0 Å². The van der Waals surface area contributed by atoms with Crippen LogP contribution in [-0.2, 0) is 15.0 Å². The average Bonchev–Trinajstić information content (AvgIpc) is 3.38. The number of unbranched alkanes of at least 4 members (excludes halogenated alkanes) is 1. The number of allylic oxidation sites excluding steroid dienone is 4. The van der Waals surface area contributed by atoms with Crippen LogP contribution in [0.25, 0.3) is 5.57 Å². The average molecular weight is 646 g/mol. The van der Waals surface area contributed by atoms with Crippen LogP contribution in [0.5, 0.6) is 0 Å². The summed E-state index contributed by atoms with van der Waals surface area (Å²) in [6, 6.07) is 18.2. The molecule has 1 heterocycles. The van der Waals surface area contributed by atoms with E-state index >= 15 is 0 Å². The van der Waals surface area contributed by atoms with Gasteiger partial charge in [0.15, 0.2) is 0 Å². The summed E-state index contributed by atoms with van der Waals surface area (Å²) in [5.41, 5.74) is 4.71. The van der Waals surface area contributed by atoms with Crippen molar-refractivity contribution < 1.29 is 22.8 Å². The Balaban J connectivity index is 1.06. The zero-order valence-electron chi connectivity index (χ0n) is 27.3. The second-order valence-corrected chi connectivity index (χ2v) is 13.7. The van der Waals surface area contributed by atoms with E-state index in [9.17, 15) is 22.8 Å². The summed E-state index contributed by atoms with van der Waals surface area (Å²) in [6.45, 7) is 3.35. The molecule has 1 fully saturated rings. The van der Waals surface area contributed by atoms with Crippen molar-refractivity contribution in [1.82, 2.24) is 15.5 Å². The number of rotatable bonds is 10. The maximum absolute atomic E-state index is 13.9. The Bertz CT molecular complexity index is 1540. The van der Waals surface area contributed by atoms with Gasteiger partial charge in [-0.05, 0) is 91.7 Å². The van der Waals surface area contributed by atoms with Crippen molar-refractivity contribution in [2.24, 2.45) is 5.92 Å². The molecule has 0 saturated carbocycles. The normalized spacial score (nSPS) is 24.8. The van der Waals surface area contributed by atoms with Crippen LogP contribution < -0.4 is 10.6 Å². The van der Waals surface area contributed by atoms with E-state index < -0.39 is 24.0 Å². The quantitative estimate of drug-likeness (QED) is 0.262. The monoisotopic (exact) mass is 645 g/mol. The predicted octanol–water partition coefficient (Wildman–Crippen LogP) is 7.61. The third kappa shape index (κ3) is 7.13. The molecule has 47 heavy (non-hydrogen) atoms. The minimum absolute atomic E-state index is 0.0561. The van der Waals surface area contributed by atoms with E-state index in [1.807, 2.05) is 48.5 Å². The van der Waals surface area contributed by atoms with Gasteiger partial charge in [-0.1, -0.05) is 86.2 Å². The van der Waals surface area contributed by atoms with Crippen LogP contribution in [0.2, 0.25) is 0 Å². The number of carbonyl (C=O) groups excluding carboxylic acids is 2. The van der Waals surface area contributed by atoms with Crippen LogP contribution >= 0.6 is 0 Å². The molecule has 2 aromatic rings. The van der Waals surface area contributed by atoms with Gasteiger partial charge in [-0.2, -0.15) is 13.2 Å². The first-order valence-corrected chi connectivity index (χ1v) is 17.3. The molecule has 0 bridgehead atoms. The smallest absolute Gasteiger partial charge is 0.349 e. The van der Waals surface area contributed by atoms with Crippen LogP contribution in [0, 0.1) is 5.92 Å². The summed E-state index contributed by atoms with van der Waals surface area (Å²) in [5.74, 6) is -0.284. The van der Waals surface area contributed by atoms with Crippen molar-refractivity contribution in [3.8, 4) is 0 Å². The Labute approximate surface area is 276 Å². The Morgan fingerprint density at radius 3 is 2.49 bits per heavy atom. The van der Waals surface area contributed by atoms with E-state index in [2.05, 4.69) is 46.7 Å². The summed E-state index contributed by atoms with van der Waals surface area (Å²) in [5, 5.41) is 5.60. The van der Waals surface area contributed by atoms with Gasteiger partial charge >= 0.3 is 6.18 Å². The minimum Gasteiger partial charge on any atom is -0.349 e. The van der Waals surface area contributed by atoms with Gasteiger partial charge in [0.25, 0.3) is 0 Å². The first kappa shape index (κ1) is 33.3. The number of alkyl halides is 3. The van der Waals surface area contributed by atoms with Crippen LogP contribution in [0.4, 0.5) is 13.2 Å². The highest BCUT2D eigenvalue weighted by Gasteiger charge is 2.52. The number of fused-ring (bicyclic) bond motifs is 2. The summed E-state index contributed by atoms with van der Waals surface area (Å²) in [7, 11) is 0. The van der Waals surface area contributed by atoms with E-state index in [4.69, 9.17) is 0 Å². The number of halogens is 3. The lowest BCUT2D eigenvalue weighted by Crippen LogP contribution is -2.49. The molecule has 0 radical (unpaired) electrons. The summed E-state index contributed by atoms with van der Waals surface area (Å²) < 4.78 is 39.8. The van der Waals surface area contributed by atoms with Gasteiger partial charge < -0.3 is 15.5 Å². The largest absolute Gasteiger partial charge is 0.405 e. The maximum atomic E-state index is 13.9. The van der Waals surface area contributed by atoms with Crippen molar-refractivity contribution >= 4 is 17.4 Å². The van der Waals surface area contributed by atoms with Gasteiger partial charge in [0, 0.05) is 30.6 Å². The lowest BCUT2D eigenvalue weighted by Gasteiger charge is -2.37. The standard InChI is InChI=1S/C39H46F3N3O2/c1-27-12-11-18-32-31-16-7-8-19-34(31)38(35(27)32,37(47)43-26-39(40,41)42)22-9-10-23-45-24-20-29(21-25-45)44-36(46)33-17-6-5-15-30(33)28-13-3-2-4-14-28/h2-4,7-8,11,13-14,16-19,27,29-30H,5-6,9-10,12,15,20-26H2,1H3,(H,43,47)(H,44,46). The molecule has 5 nitrogen and oxygen atoms in total. The topological polar surface area (TPSA) is 61.4 Å². The second-order valence-electron chi connectivity index (χ2n) is 13.7. The van der Waals surface area contributed by atoms with Gasteiger partial charge in [0.1, 0.15) is 6.54 Å². The fourth-order valence-corrected chi connectivity index (χ4v) is 8.40. The summed E-state index contributed by atoms with van der Waals surface area (Å²) in [4.78, 5) is 29.7. The number of hydrogen-bond donors (Lipinski definition) is 2. The third-order valence-corrected chi connectivity index (χ3v) is 10.6. The van der Waals surface area contributed by atoms with Crippen LogP contribution in [0.15, 0.2) is 84.0 Å². The molecule has 3 unspecified atom stereocenters. The molecule has 6 rings (SSSR count). The Morgan fingerprint density at radius 1 is 0.979 bits per heavy atom. The highest BCUT2D eigenvalue weighted by molar-refractivity contribution is 6.02. The SMILES string of the molecule is CC1CC=CC2=C1C(CCCCN1CCC(NC(=O)C3=CCCCC3c3ccccc3)CC1)(C(=O)NCC(F)(F)F)c1ccccc12. The van der Waals surface area contributed by atoms with E-state index in [1.165, 1.54) is 5.56 Å². The zero-order valence-corrected chi connectivity index (χ0v) is 27.3. The molecule has 4 aliphatic rings. The molecule has 3 atom stereocenters. The molecule has 1 aliphatic heterocycles. The van der Waals surface area contributed by atoms with E-state index in [1.54, 1.807) is 0 Å². The lowest BCUT2D eigenvalue weighted by molar-refractivity contribution is -0.141. The Morgan fingerprint density at radius 2 is 1.72 bits per heavy atom. The van der Waals surface area contributed by atoms with Crippen LogP contribution in [-0.4, -0.2) is 55.1 Å². The zero-order chi connectivity index (χ0) is 33.0. The molecule has 1 saturated heterocycles. The fraction of sp³-hybridized carbons (Fsp3) is 0.487. The molecule has 0 spiro atoms. The third-order valence-electron chi connectivity index (χ3n) is 10.6. The van der Waals surface area contributed by atoms with Gasteiger partial charge in [-0.15, -0.1) is 0 Å². The van der Waals surface area contributed by atoms with Crippen LogP contribution in [0.3, 0.4) is 0 Å². The molecule has 2 amide bonds. The fourth-order valence-electron chi connectivity index (χ4n) is 8.40. The number of amides is 2. The first-order chi connectivity index (χ1) is 22.7. The van der Waals surface area contributed by atoms with Crippen LogP contribution in [0.1, 0.15) is 87.3 Å². The highest BCUT2D eigenvalue weighted by Crippen LogP contribution is 2.54. The van der Waals surface area contributed by atoms with Crippen molar-refractivity contribution in [2.45, 2.75) is 88.3 Å². The number of nitrogens with one attached hydrogen (secondary N) is 2. The molecular weight excluding hydrogens is 599 g/mol. The summed E-state index contributed by atoms with van der Waals surface area (Å²) >= 11 is 0. The van der Waals surface area contributed by atoms with Crippen molar-refractivity contribution in [3.63, 3.8) is 0 Å². The van der Waals surface area contributed by atoms with Crippen molar-refractivity contribution in [1.29, 1.82) is 0 Å². The molecule has 2 aromatic carbocycles. The highest BCUT2D eigenvalue weighted by atomic mass is 19.4. The molecule has 3 aliphatic carbocycles. The molecule has 2 N–H and O–H groups in total. The van der Waals surface area contributed by atoms with Gasteiger partial charge in [0.2, 0.25) is 11.8 Å². The lowest BCUT2D eigenvalue weighted by atomic mass is 9.67. The predicted molar refractivity (Wildman–Crippen MR) is 180 cm³/mol. The number of hydrogen-bond acceptors (Lipinski definition) is 3. The molecule has 0 aromatic heterocycles. The number of carbonyl (C=O) groups is 2. The maximum Gasteiger partial charge on any atom is 0.405 e. The van der Waals surface area contributed by atoms with E-state index in [-0.39, 0.29) is 23.8 Å². The molecule has 250 valence electrons. The second kappa shape index (κ2) is 14.2. The van der Waals surface area contributed by atoms with E-state index in [0.717, 1.165) is 92.4 Å². The number of likely N-dealkylation sites (tertiary alicyclic amines) is 1. The van der Waals surface area contributed by atoms with Gasteiger partial charge in [-0.3, -0.25) is 9.59 Å². The Hall–Kier alpha value is -3.65. The Kier molecular flexibility index (Phi) is 10.1. The number of benzene rings is 2. The number of piperidine rings is 1. The molecule has 8 heteroatoms. The minimum atomic E-state index is -4.48. The van der Waals surface area contributed by atoms with Crippen molar-refractivity contribution in [3.05, 3.63) is 101 Å². The number of nitrogens with zero attached hydrogens (tertiary/aromatic N) is 1. The van der Waals surface area contributed by atoms with Crippen molar-refractivity contribution in [2.75, 3.05) is 26.2 Å². The summed E-state index contributed by atoms with van der Waals surface area (Å²) in [6.07, 6.45) is 9.35. The van der Waals surface area contributed by atoms with Gasteiger partial charge in [0.05, 0.1) is 5.41 Å². The first-order valence-electron chi connectivity index (χ1n) is 17.3.